The van der Waals surface area contributed by atoms with Crippen LogP contribution >= 0.6 is 0 Å². The number of aromatic amines is 1. The highest BCUT2D eigenvalue weighted by molar-refractivity contribution is 7.89. The number of fused-ring (bicyclic) bond motifs is 1. The van der Waals surface area contributed by atoms with Crippen LogP contribution in [0.3, 0.4) is 0 Å². The summed E-state index contributed by atoms with van der Waals surface area (Å²) in [5, 5.41) is 0.940. The minimum absolute atomic E-state index is 0.0724. The number of nitrogens with zero attached hydrogens (tertiary/aromatic N) is 4. The number of aromatic nitrogens is 3. The van der Waals surface area contributed by atoms with Gasteiger partial charge in [0.2, 0.25) is 10.0 Å². The third-order valence-corrected chi connectivity index (χ3v) is 6.88. The van der Waals surface area contributed by atoms with Gasteiger partial charge in [0.25, 0.3) is 0 Å². The van der Waals surface area contributed by atoms with Gasteiger partial charge in [0.05, 0.1) is 10.3 Å². The van der Waals surface area contributed by atoms with Gasteiger partial charge < -0.3 is 9.88 Å². The van der Waals surface area contributed by atoms with Gasteiger partial charge in [0, 0.05) is 32.4 Å². The van der Waals surface area contributed by atoms with Gasteiger partial charge in [-0.2, -0.15) is 4.31 Å². The van der Waals surface area contributed by atoms with Crippen molar-refractivity contribution in [3.8, 4) is 0 Å². The number of rotatable bonds is 4. The Hall–Kier alpha value is -2.45. The molecule has 1 fully saturated rings. The van der Waals surface area contributed by atoms with E-state index in [1.807, 2.05) is 38.4 Å². The van der Waals surface area contributed by atoms with Crippen LogP contribution in [0.2, 0.25) is 0 Å². The molecule has 0 saturated carbocycles. The maximum absolute atomic E-state index is 12.9. The standard InChI is InChI=1S/C18H21N5O2S/c1-13-3-5-15(6-4-13)26(24,25)23-10-8-14(11-23)22(2)18-16-7-9-19-17(16)20-12-21-18/h3-7,9,12,14H,8,10-11H2,1-2H3,(H,19,20,21)/t14-/m1/s1. The second kappa shape index (κ2) is 6.37. The molecule has 0 bridgehead atoms. The van der Waals surface area contributed by atoms with Gasteiger partial charge in [-0.05, 0) is 31.5 Å². The van der Waals surface area contributed by atoms with Crippen LogP contribution in [-0.2, 0) is 10.0 Å². The molecule has 0 unspecified atom stereocenters. The van der Waals surface area contributed by atoms with Crippen molar-refractivity contribution in [3.05, 3.63) is 48.4 Å². The molecule has 0 radical (unpaired) electrons. The molecule has 3 heterocycles. The maximum Gasteiger partial charge on any atom is 0.243 e. The number of hydrogen-bond donors (Lipinski definition) is 1. The summed E-state index contributed by atoms with van der Waals surface area (Å²) in [5.41, 5.74) is 1.83. The first-order valence-electron chi connectivity index (χ1n) is 8.54. The van der Waals surface area contributed by atoms with E-state index in [4.69, 9.17) is 0 Å². The SMILES string of the molecule is Cc1ccc(S(=O)(=O)N2CC[C@@H](N(C)c3ncnc4[nH]ccc34)C2)cc1. The summed E-state index contributed by atoms with van der Waals surface area (Å²) in [6.45, 7) is 2.90. The largest absolute Gasteiger partial charge is 0.355 e. The van der Waals surface area contributed by atoms with Crippen molar-refractivity contribution in [2.24, 2.45) is 0 Å². The van der Waals surface area contributed by atoms with Crippen LogP contribution in [0.1, 0.15) is 12.0 Å². The minimum atomic E-state index is -3.47. The summed E-state index contributed by atoms with van der Waals surface area (Å²) in [4.78, 5) is 14.1. The van der Waals surface area contributed by atoms with Crippen molar-refractivity contribution in [1.29, 1.82) is 0 Å². The number of aryl methyl sites for hydroxylation is 1. The molecule has 2 aromatic heterocycles. The second-order valence-corrected chi connectivity index (χ2v) is 8.60. The van der Waals surface area contributed by atoms with Crippen molar-refractivity contribution in [2.75, 3.05) is 25.0 Å². The number of anilines is 1. The summed E-state index contributed by atoms with van der Waals surface area (Å²) in [6.07, 6.45) is 4.12. The zero-order chi connectivity index (χ0) is 18.3. The van der Waals surface area contributed by atoms with E-state index < -0.39 is 10.0 Å². The van der Waals surface area contributed by atoms with Gasteiger partial charge in [0.1, 0.15) is 17.8 Å². The van der Waals surface area contributed by atoms with Crippen LogP contribution in [0.5, 0.6) is 0 Å². The highest BCUT2D eigenvalue weighted by atomic mass is 32.2. The third kappa shape index (κ3) is 2.85. The summed E-state index contributed by atoms with van der Waals surface area (Å²) in [5.74, 6) is 0.816. The van der Waals surface area contributed by atoms with E-state index in [1.165, 1.54) is 6.33 Å². The normalized spacial score (nSPS) is 18.5. The molecule has 1 aromatic carbocycles. The first kappa shape index (κ1) is 17.0. The number of H-pyrrole nitrogens is 1. The van der Waals surface area contributed by atoms with Crippen LogP contribution in [0.15, 0.2) is 47.8 Å². The summed E-state index contributed by atoms with van der Waals surface area (Å²) in [6, 6.07) is 9.02. The Morgan fingerprint density at radius 2 is 1.96 bits per heavy atom. The minimum Gasteiger partial charge on any atom is -0.355 e. The molecule has 0 aliphatic carbocycles. The molecule has 0 amide bonds. The van der Waals surface area contributed by atoms with Crippen molar-refractivity contribution < 1.29 is 8.42 Å². The fourth-order valence-electron chi connectivity index (χ4n) is 3.42. The van der Waals surface area contributed by atoms with Gasteiger partial charge in [-0.25, -0.2) is 18.4 Å². The fraction of sp³-hybridized carbons (Fsp3) is 0.333. The smallest absolute Gasteiger partial charge is 0.243 e. The van der Waals surface area contributed by atoms with Crippen LogP contribution in [0.25, 0.3) is 11.0 Å². The molecule has 1 atom stereocenters. The number of hydrogen-bond acceptors (Lipinski definition) is 5. The molecule has 0 spiro atoms. The molecular weight excluding hydrogens is 350 g/mol. The molecule has 3 aromatic rings. The van der Waals surface area contributed by atoms with Gasteiger partial charge in [-0.15, -0.1) is 0 Å². The van der Waals surface area contributed by atoms with Crippen molar-refractivity contribution in [2.45, 2.75) is 24.3 Å². The number of benzene rings is 1. The Morgan fingerprint density at radius 3 is 2.73 bits per heavy atom. The molecule has 8 heteroatoms. The predicted octanol–water partition coefficient (Wildman–Crippen LogP) is 2.17. The van der Waals surface area contributed by atoms with E-state index >= 15 is 0 Å². The molecule has 7 nitrogen and oxygen atoms in total. The Balaban J connectivity index is 1.56. The molecular formula is C18H21N5O2S. The highest BCUT2D eigenvalue weighted by Gasteiger charge is 2.35. The van der Waals surface area contributed by atoms with Crippen molar-refractivity contribution >= 4 is 26.9 Å². The monoisotopic (exact) mass is 371 g/mol. The van der Waals surface area contributed by atoms with Gasteiger partial charge in [-0.3, -0.25) is 0 Å². The van der Waals surface area contributed by atoms with Crippen LogP contribution in [-0.4, -0.2) is 53.9 Å². The molecule has 1 N–H and O–H groups in total. The molecule has 1 aliphatic rings. The maximum atomic E-state index is 12.9. The van der Waals surface area contributed by atoms with E-state index in [0.29, 0.717) is 18.0 Å². The van der Waals surface area contributed by atoms with E-state index in [9.17, 15) is 8.42 Å². The van der Waals surface area contributed by atoms with Gasteiger partial charge in [-0.1, -0.05) is 17.7 Å². The van der Waals surface area contributed by atoms with E-state index in [1.54, 1.807) is 16.4 Å². The Bertz CT molecular complexity index is 1030. The average molecular weight is 371 g/mol. The summed E-state index contributed by atoms with van der Waals surface area (Å²) in [7, 11) is -1.51. The lowest BCUT2D eigenvalue weighted by atomic mass is 10.2. The van der Waals surface area contributed by atoms with E-state index in [-0.39, 0.29) is 6.04 Å². The van der Waals surface area contributed by atoms with Gasteiger partial charge in [0.15, 0.2) is 0 Å². The summed E-state index contributed by atoms with van der Waals surface area (Å²) >= 11 is 0. The van der Waals surface area contributed by atoms with Crippen LogP contribution in [0.4, 0.5) is 5.82 Å². The molecule has 4 rings (SSSR count). The van der Waals surface area contributed by atoms with Crippen molar-refractivity contribution in [1.82, 2.24) is 19.3 Å². The highest BCUT2D eigenvalue weighted by Crippen LogP contribution is 2.28. The lowest BCUT2D eigenvalue weighted by molar-refractivity contribution is 0.470. The lowest BCUT2D eigenvalue weighted by Crippen LogP contribution is -2.37. The first-order chi connectivity index (χ1) is 12.5. The van der Waals surface area contributed by atoms with Crippen molar-refractivity contribution in [3.63, 3.8) is 0 Å². The summed E-state index contributed by atoms with van der Waals surface area (Å²) < 4.78 is 27.4. The van der Waals surface area contributed by atoms with Crippen LogP contribution < -0.4 is 4.90 Å². The Labute approximate surface area is 152 Å². The zero-order valence-electron chi connectivity index (χ0n) is 14.8. The quantitative estimate of drug-likeness (QED) is 0.760. The molecule has 26 heavy (non-hydrogen) atoms. The predicted molar refractivity (Wildman–Crippen MR) is 101 cm³/mol. The topological polar surface area (TPSA) is 82.2 Å². The number of nitrogens with one attached hydrogen (secondary N) is 1. The Morgan fingerprint density at radius 1 is 1.19 bits per heavy atom. The first-order valence-corrected chi connectivity index (χ1v) is 9.98. The van der Waals surface area contributed by atoms with E-state index in [0.717, 1.165) is 28.8 Å². The van der Waals surface area contributed by atoms with Gasteiger partial charge >= 0.3 is 0 Å². The molecule has 1 aliphatic heterocycles. The molecule has 136 valence electrons. The lowest BCUT2D eigenvalue weighted by Gasteiger charge is -2.26. The number of sulfonamides is 1. The second-order valence-electron chi connectivity index (χ2n) is 6.67. The van der Waals surface area contributed by atoms with E-state index in [2.05, 4.69) is 19.9 Å². The molecule has 1 saturated heterocycles. The third-order valence-electron chi connectivity index (χ3n) is 5.00. The van der Waals surface area contributed by atoms with Crippen LogP contribution in [0, 0.1) is 6.92 Å². The number of likely N-dealkylation sites (N-methyl/N-ethyl adjacent to an activating group) is 1. The zero-order valence-corrected chi connectivity index (χ0v) is 15.6. The average Bonchev–Trinajstić information content (AvgIpc) is 3.31. The fourth-order valence-corrected chi connectivity index (χ4v) is 4.91. The Kier molecular flexibility index (Phi) is 4.16.